The van der Waals surface area contributed by atoms with Gasteiger partial charge in [-0.15, -0.1) is 11.3 Å². The van der Waals surface area contributed by atoms with Crippen molar-refractivity contribution in [2.75, 3.05) is 25.5 Å². The number of aromatic nitrogens is 1. The van der Waals surface area contributed by atoms with E-state index in [1.165, 1.54) is 16.2 Å². The number of benzene rings is 1. The maximum Gasteiger partial charge on any atom is 0.270 e. The first-order valence-electron chi connectivity index (χ1n) is 7.55. The summed E-state index contributed by atoms with van der Waals surface area (Å²) in [4.78, 5) is 20.4. The third-order valence-electron chi connectivity index (χ3n) is 3.95. The molecule has 0 fully saturated rings. The van der Waals surface area contributed by atoms with E-state index < -0.39 is 6.10 Å². The van der Waals surface area contributed by atoms with E-state index in [1.54, 1.807) is 6.07 Å². The van der Waals surface area contributed by atoms with E-state index in [0.717, 1.165) is 25.2 Å². The average Bonchev–Trinajstić information content (AvgIpc) is 2.95. The summed E-state index contributed by atoms with van der Waals surface area (Å²) in [5.41, 5.74) is 1.09. The van der Waals surface area contributed by atoms with E-state index in [1.807, 2.05) is 18.2 Å². The van der Waals surface area contributed by atoms with Crippen molar-refractivity contribution in [2.24, 2.45) is 0 Å². The molecule has 1 N–H and O–H groups in total. The molecule has 0 spiro atoms. The molecule has 0 radical (unpaired) electrons. The van der Waals surface area contributed by atoms with Gasteiger partial charge in [0.25, 0.3) is 5.91 Å². The molecule has 2 aliphatic heterocycles. The van der Waals surface area contributed by atoms with Crippen molar-refractivity contribution in [3.05, 3.63) is 34.8 Å². The summed E-state index contributed by atoms with van der Waals surface area (Å²) in [7, 11) is 2.09. The Hall–Kier alpha value is -2.12. The maximum absolute atomic E-state index is 12.4. The molecule has 1 atom stereocenters. The van der Waals surface area contributed by atoms with Gasteiger partial charge in [0.15, 0.2) is 16.6 Å². The molecule has 0 bridgehead atoms. The van der Waals surface area contributed by atoms with Crippen molar-refractivity contribution in [1.29, 1.82) is 0 Å². The normalized spacial score (nSPS) is 20.0. The van der Waals surface area contributed by atoms with E-state index >= 15 is 0 Å². The molecule has 2 aromatic rings. The molecule has 2 aliphatic rings. The molecule has 1 aromatic carbocycles. The zero-order valence-electron chi connectivity index (χ0n) is 12.7. The minimum atomic E-state index is -0.659. The number of thiazole rings is 1. The number of nitrogens with one attached hydrogen (secondary N) is 1. The van der Waals surface area contributed by atoms with Gasteiger partial charge in [0.05, 0.1) is 5.69 Å². The SMILES string of the molecule is CN1CCc2nc(NC(=O)[C@H]3COc4ccccc4O3)sc2C1. The Morgan fingerprint density at radius 2 is 2.22 bits per heavy atom. The fourth-order valence-electron chi connectivity index (χ4n) is 2.71. The van der Waals surface area contributed by atoms with Crippen molar-refractivity contribution in [3.8, 4) is 11.5 Å². The number of carbonyl (C=O) groups excluding carboxylic acids is 1. The van der Waals surface area contributed by atoms with E-state index in [-0.39, 0.29) is 12.5 Å². The Morgan fingerprint density at radius 1 is 1.39 bits per heavy atom. The summed E-state index contributed by atoms with van der Waals surface area (Å²) in [6, 6.07) is 7.36. The lowest BCUT2D eigenvalue weighted by atomic mass is 10.2. The van der Waals surface area contributed by atoms with Crippen LogP contribution in [0.25, 0.3) is 0 Å². The highest BCUT2D eigenvalue weighted by Crippen LogP contribution is 2.32. The molecule has 0 unspecified atom stereocenters. The molecule has 0 saturated heterocycles. The maximum atomic E-state index is 12.4. The van der Waals surface area contributed by atoms with Crippen LogP contribution in [-0.2, 0) is 17.8 Å². The molecule has 120 valence electrons. The zero-order valence-corrected chi connectivity index (χ0v) is 13.6. The Kier molecular flexibility index (Phi) is 3.66. The third kappa shape index (κ3) is 2.89. The number of hydrogen-bond donors (Lipinski definition) is 1. The Labute approximate surface area is 138 Å². The van der Waals surface area contributed by atoms with Gasteiger partial charge in [-0.25, -0.2) is 4.98 Å². The molecule has 0 saturated carbocycles. The zero-order chi connectivity index (χ0) is 15.8. The summed E-state index contributed by atoms with van der Waals surface area (Å²) < 4.78 is 11.3. The molecule has 7 heteroatoms. The number of fused-ring (bicyclic) bond motifs is 2. The molecule has 0 aliphatic carbocycles. The van der Waals surface area contributed by atoms with Crippen LogP contribution in [0.15, 0.2) is 24.3 Å². The molecular weight excluding hydrogens is 314 g/mol. The molecule has 4 rings (SSSR count). The van der Waals surface area contributed by atoms with Gasteiger partial charge in [-0.3, -0.25) is 10.1 Å². The fourth-order valence-corrected chi connectivity index (χ4v) is 3.80. The summed E-state index contributed by atoms with van der Waals surface area (Å²) in [5.74, 6) is 1.04. The van der Waals surface area contributed by atoms with Gasteiger partial charge in [-0.05, 0) is 19.2 Å². The molecule has 23 heavy (non-hydrogen) atoms. The van der Waals surface area contributed by atoms with Crippen LogP contribution in [0, 0.1) is 0 Å². The number of amides is 1. The largest absolute Gasteiger partial charge is 0.485 e. The number of ether oxygens (including phenoxy) is 2. The number of carbonyl (C=O) groups is 1. The van der Waals surface area contributed by atoms with Crippen LogP contribution in [0.4, 0.5) is 5.13 Å². The average molecular weight is 331 g/mol. The topological polar surface area (TPSA) is 63.7 Å². The first kappa shape index (κ1) is 14.5. The van der Waals surface area contributed by atoms with Crippen LogP contribution in [-0.4, -0.2) is 42.1 Å². The lowest BCUT2D eigenvalue weighted by Gasteiger charge is -2.25. The number of para-hydroxylation sites is 2. The van der Waals surface area contributed by atoms with E-state index in [9.17, 15) is 4.79 Å². The van der Waals surface area contributed by atoms with E-state index in [0.29, 0.717) is 16.6 Å². The quantitative estimate of drug-likeness (QED) is 0.911. The van der Waals surface area contributed by atoms with Gasteiger partial charge < -0.3 is 14.4 Å². The van der Waals surface area contributed by atoms with Crippen LogP contribution >= 0.6 is 11.3 Å². The summed E-state index contributed by atoms with van der Waals surface area (Å²) >= 11 is 1.54. The summed E-state index contributed by atoms with van der Waals surface area (Å²) in [6.07, 6.45) is 0.266. The second-order valence-electron chi connectivity index (χ2n) is 5.73. The van der Waals surface area contributed by atoms with Gasteiger partial charge in [-0.2, -0.15) is 0 Å². The second kappa shape index (κ2) is 5.82. The lowest BCUT2D eigenvalue weighted by molar-refractivity contribution is -0.125. The lowest BCUT2D eigenvalue weighted by Crippen LogP contribution is -2.40. The van der Waals surface area contributed by atoms with Crippen LogP contribution in [0.1, 0.15) is 10.6 Å². The van der Waals surface area contributed by atoms with Crippen LogP contribution in [0.2, 0.25) is 0 Å². The molecular formula is C16H17N3O3S. The standard InChI is InChI=1S/C16H17N3O3S/c1-19-7-6-10-14(8-19)23-16(17-10)18-15(20)13-9-21-11-4-2-3-5-12(11)22-13/h2-5,13H,6-9H2,1H3,(H,17,18,20)/t13-/m1/s1. The van der Waals surface area contributed by atoms with E-state index in [2.05, 4.69) is 22.2 Å². The van der Waals surface area contributed by atoms with Crippen molar-refractivity contribution >= 4 is 22.4 Å². The van der Waals surface area contributed by atoms with Gasteiger partial charge in [0.2, 0.25) is 6.10 Å². The number of nitrogens with zero attached hydrogens (tertiary/aromatic N) is 2. The van der Waals surface area contributed by atoms with Gasteiger partial charge >= 0.3 is 0 Å². The monoisotopic (exact) mass is 331 g/mol. The number of rotatable bonds is 2. The van der Waals surface area contributed by atoms with Crippen LogP contribution in [0.3, 0.4) is 0 Å². The van der Waals surface area contributed by atoms with Crippen molar-refractivity contribution in [3.63, 3.8) is 0 Å². The van der Waals surface area contributed by atoms with Crippen LogP contribution < -0.4 is 14.8 Å². The van der Waals surface area contributed by atoms with E-state index in [4.69, 9.17) is 9.47 Å². The number of hydrogen-bond acceptors (Lipinski definition) is 6. The summed E-state index contributed by atoms with van der Waals surface area (Å²) in [5, 5.41) is 3.50. The van der Waals surface area contributed by atoms with Crippen molar-refractivity contribution < 1.29 is 14.3 Å². The van der Waals surface area contributed by atoms with Gasteiger partial charge in [0.1, 0.15) is 6.61 Å². The highest BCUT2D eigenvalue weighted by atomic mass is 32.1. The third-order valence-corrected chi connectivity index (χ3v) is 4.95. The van der Waals surface area contributed by atoms with Gasteiger partial charge in [0, 0.05) is 24.4 Å². The fraction of sp³-hybridized carbons (Fsp3) is 0.375. The Balaban J connectivity index is 1.45. The van der Waals surface area contributed by atoms with Gasteiger partial charge in [-0.1, -0.05) is 12.1 Å². The van der Waals surface area contributed by atoms with Crippen molar-refractivity contribution in [1.82, 2.24) is 9.88 Å². The minimum Gasteiger partial charge on any atom is -0.485 e. The number of anilines is 1. The molecule has 3 heterocycles. The molecule has 1 amide bonds. The Bertz CT molecular complexity index is 746. The molecule has 6 nitrogen and oxygen atoms in total. The second-order valence-corrected chi connectivity index (χ2v) is 6.81. The van der Waals surface area contributed by atoms with Crippen molar-refractivity contribution in [2.45, 2.75) is 19.1 Å². The summed E-state index contributed by atoms with van der Waals surface area (Å²) in [6.45, 7) is 2.09. The predicted octanol–water partition coefficient (Wildman–Crippen LogP) is 1.91. The first-order chi connectivity index (χ1) is 11.2. The number of likely N-dealkylation sites (N-methyl/N-ethyl adjacent to an activating group) is 1. The molecule has 1 aromatic heterocycles. The predicted molar refractivity (Wildman–Crippen MR) is 87.1 cm³/mol. The Morgan fingerprint density at radius 3 is 3.09 bits per heavy atom. The highest BCUT2D eigenvalue weighted by molar-refractivity contribution is 7.15. The van der Waals surface area contributed by atoms with Crippen LogP contribution in [0.5, 0.6) is 11.5 Å². The highest BCUT2D eigenvalue weighted by Gasteiger charge is 2.28. The first-order valence-corrected chi connectivity index (χ1v) is 8.37. The minimum absolute atomic E-state index is 0.205. The smallest absolute Gasteiger partial charge is 0.270 e.